The highest BCUT2D eigenvalue weighted by Gasteiger charge is 2.41. The second kappa shape index (κ2) is 11.2. The topological polar surface area (TPSA) is 82.1 Å². The van der Waals surface area contributed by atoms with Crippen LogP contribution in [0.15, 0.2) is 64.0 Å². The van der Waals surface area contributed by atoms with Crippen LogP contribution in [0.3, 0.4) is 0 Å². The van der Waals surface area contributed by atoms with Crippen molar-refractivity contribution >= 4 is 61.7 Å². The predicted octanol–water partition coefficient (Wildman–Crippen LogP) is 6.18. The van der Waals surface area contributed by atoms with Crippen molar-refractivity contribution in [1.29, 1.82) is 0 Å². The first-order valence-electron chi connectivity index (χ1n) is 11.2. The van der Waals surface area contributed by atoms with E-state index in [1.54, 1.807) is 25.1 Å². The molecule has 0 radical (unpaired) electrons. The summed E-state index contributed by atoms with van der Waals surface area (Å²) in [4.78, 5) is 38.6. The first-order chi connectivity index (χ1) is 17.3. The van der Waals surface area contributed by atoms with Crippen LogP contribution < -0.4 is 9.47 Å². The molecule has 7 nitrogen and oxygen atoms in total. The largest absolute Gasteiger partial charge is 0.493 e. The molecule has 186 valence electrons. The Hall–Kier alpha value is -3.30. The minimum absolute atomic E-state index is 0.164. The SMILES string of the molecule is CCOC(=O)[C@@H](C)N1C(=O)S/C(=C/c2cc(OC)c(OCc3cccc4ccccc34)cc2Br)C1=O. The molecule has 1 fully saturated rings. The zero-order valence-corrected chi connectivity index (χ0v) is 22.4. The highest BCUT2D eigenvalue weighted by molar-refractivity contribution is 9.10. The van der Waals surface area contributed by atoms with Gasteiger partial charge in [0.2, 0.25) is 0 Å². The average Bonchev–Trinajstić information content (AvgIpc) is 3.15. The van der Waals surface area contributed by atoms with Gasteiger partial charge in [-0.2, -0.15) is 0 Å². The maximum Gasteiger partial charge on any atom is 0.329 e. The maximum atomic E-state index is 12.9. The molecule has 36 heavy (non-hydrogen) atoms. The molecule has 0 bridgehead atoms. The lowest BCUT2D eigenvalue weighted by molar-refractivity contribution is -0.150. The highest BCUT2D eigenvalue weighted by atomic mass is 79.9. The van der Waals surface area contributed by atoms with Crippen LogP contribution in [0, 0.1) is 0 Å². The van der Waals surface area contributed by atoms with Gasteiger partial charge >= 0.3 is 5.97 Å². The maximum absolute atomic E-state index is 12.9. The van der Waals surface area contributed by atoms with E-state index in [0.29, 0.717) is 28.1 Å². The van der Waals surface area contributed by atoms with Crippen LogP contribution in [0.4, 0.5) is 4.79 Å². The van der Waals surface area contributed by atoms with Crippen LogP contribution in [-0.4, -0.2) is 41.8 Å². The lowest BCUT2D eigenvalue weighted by Gasteiger charge is -2.19. The van der Waals surface area contributed by atoms with Crippen molar-refractivity contribution < 1.29 is 28.6 Å². The zero-order chi connectivity index (χ0) is 25.8. The summed E-state index contributed by atoms with van der Waals surface area (Å²) in [5.74, 6) is -0.174. The number of hydrogen-bond acceptors (Lipinski definition) is 7. The van der Waals surface area contributed by atoms with E-state index in [9.17, 15) is 14.4 Å². The molecular weight excluding hydrogens is 546 g/mol. The summed E-state index contributed by atoms with van der Waals surface area (Å²) in [5.41, 5.74) is 1.67. The van der Waals surface area contributed by atoms with Gasteiger partial charge in [0, 0.05) is 4.47 Å². The number of thioether (sulfide) groups is 1. The van der Waals surface area contributed by atoms with E-state index < -0.39 is 23.2 Å². The van der Waals surface area contributed by atoms with Gasteiger partial charge in [0.15, 0.2) is 11.5 Å². The van der Waals surface area contributed by atoms with Gasteiger partial charge < -0.3 is 14.2 Å². The predicted molar refractivity (Wildman–Crippen MR) is 143 cm³/mol. The summed E-state index contributed by atoms with van der Waals surface area (Å²) in [6.07, 6.45) is 1.59. The smallest absolute Gasteiger partial charge is 0.329 e. The monoisotopic (exact) mass is 569 g/mol. The molecule has 4 rings (SSSR count). The number of fused-ring (bicyclic) bond motifs is 1. The van der Waals surface area contributed by atoms with Crippen LogP contribution in [0.25, 0.3) is 16.8 Å². The molecule has 1 aliphatic rings. The Morgan fingerprint density at radius 3 is 2.61 bits per heavy atom. The molecule has 0 spiro atoms. The average molecular weight is 570 g/mol. The van der Waals surface area contributed by atoms with Crippen LogP contribution >= 0.6 is 27.7 Å². The summed E-state index contributed by atoms with van der Waals surface area (Å²) in [6, 6.07) is 16.7. The third kappa shape index (κ3) is 5.27. The van der Waals surface area contributed by atoms with Gasteiger partial charge in [0.25, 0.3) is 11.1 Å². The Bertz CT molecular complexity index is 1370. The number of rotatable bonds is 8. The van der Waals surface area contributed by atoms with E-state index in [2.05, 4.69) is 34.1 Å². The number of carbonyl (C=O) groups is 3. The Balaban J connectivity index is 1.57. The first-order valence-corrected chi connectivity index (χ1v) is 12.9. The summed E-state index contributed by atoms with van der Waals surface area (Å²) in [7, 11) is 1.53. The highest BCUT2D eigenvalue weighted by Crippen LogP contribution is 2.39. The standard InChI is InChI=1S/C27H24BrNO6S/c1-4-34-26(31)16(2)29-25(30)24(36-27(29)32)13-19-12-22(33-3)23(14-21(19)28)35-15-18-10-7-9-17-8-5-6-11-20(17)18/h5-14,16H,4,15H2,1-3H3/b24-13+/t16-/m1/s1. The van der Waals surface area contributed by atoms with Gasteiger partial charge in [-0.25, -0.2) is 4.79 Å². The summed E-state index contributed by atoms with van der Waals surface area (Å²) in [6.45, 7) is 3.64. The van der Waals surface area contributed by atoms with E-state index in [4.69, 9.17) is 14.2 Å². The number of methoxy groups -OCH3 is 1. The Labute approximate surface area is 221 Å². The van der Waals surface area contributed by atoms with Crippen molar-refractivity contribution in [3.05, 3.63) is 75.1 Å². The number of amides is 2. The molecule has 0 aliphatic carbocycles. The van der Waals surface area contributed by atoms with Gasteiger partial charge in [0.05, 0.1) is 18.6 Å². The number of benzene rings is 3. The molecule has 1 atom stereocenters. The normalized spacial score (nSPS) is 15.4. The molecule has 9 heteroatoms. The van der Waals surface area contributed by atoms with Gasteiger partial charge in [-0.05, 0) is 65.7 Å². The molecule has 1 heterocycles. The summed E-state index contributed by atoms with van der Waals surface area (Å²) in [5, 5.41) is 1.72. The lowest BCUT2D eigenvalue weighted by Crippen LogP contribution is -2.42. The molecule has 0 unspecified atom stereocenters. The third-order valence-corrected chi connectivity index (χ3v) is 7.24. The molecular formula is C27H24BrNO6S. The molecule has 2 amide bonds. The third-order valence-electron chi connectivity index (χ3n) is 5.67. The van der Waals surface area contributed by atoms with Crippen molar-refractivity contribution in [3.8, 4) is 11.5 Å². The number of hydrogen-bond donors (Lipinski definition) is 0. The lowest BCUT2D eigenvalue weighted by atomic mass is 10.1. The van der Waals surface area contributed by atoms with Crippen LogP contribution in [0.2, 0.25) is 0 Å². The molecule has 3 aromatic rings. The summed E-state index contributed by atoms with van der Waals surface area (Å²) >= 11 is 4.31. The quantitative estimate of drug-likeness (QED) is 0.236. The number of carbonyl (C=O) groups excluding carboxylic acids is 3. The van der Waals surface area contributed by atoms with E-state index in [0.717, 1.165) is 33.0 Å². The second-order valence-electron chi connectivity index (χ2n) is 7.93. The Morgan fingerprint density at radius 1 is 1.11 bits per heavy atom. The fraction of sp³-hybridized carbons (Fsp3) is 0.222. The van der Waals surface area contributed by atoms with Crippen molar-refractivity contribution in [2.45, 2.75) is 26.5 Å². The van der Waals surface area contributed by atoms with Gasteiger partial charge in [-0.15, -0.1) is 0 Å². The first kappa shape index (κ1) is 25.8. The van der Waals surface area contributed by atoms with Gasteiger partial charge in [-0.3, -0.25) is 14.5 Å². The van der Waals surface area contributed by atoms with E-state index in [1.807, 2.05) is 24.3 Å². The zero-order valence-electron chi connectivity index (χ0n) is 19.9. The molecule has 0 N–H and O–H groups in total. The molecule has 1 saturated heterocycles. The van der Waals surface area contributed by atoms with Crippen molar-refractivity contribution in [1.82, 2.24) is 4.90 Å². The Morgan fingerprint density at radius 2 is 1.86 bits per heavy atom. The second-order valence-corrected chi connectivity index (χ2v) is 9.78. The Kier molecular flexibility index (Phi) is 8.01. The molecule has 1 aliphatic heterocycles. The van der Waals surface area contributed by atoms with E-state index >= 15 is 0 Å². The molecule has 3 aromatic carbocycles. The van der Waals surface area contributed by atoms with Gasteiger partial charge in [-0.1, -0.05) is 58.4 Å². The van der Waals surface area contributed by atoms with E-state index in [-0.39, 0.29) is 11.5 Å². The minimum atomic E-state index is -1.01. The number of halogens is 1. The number of imide groups is 1. The van der Waals surface area contributed by atoms with Crippen LogP contribution in [0.1, 0.15) is 25.0 Å². The van der Waals surface area contributed by atoms with Crippen molar-refractivity contribution in [2.24, 2.45) is 0 Å². The van der Waals surface area contributed by atoms with Crippen LogP contribution in [-0.2, 0) is 20.9 Å². The van der Waals surface area contributed by atoms with Crippen molar-refractivity contribution in [2.75, 3.05) is 13.7 Å². The fourth-order valence-electron chi connectivity index (χ4n) is 3.83. The van der Waals surface area contributed by atoms with Crippen LogP contribution in [0.5, 0.6) is 11.5 Å². The summed E-state index contributed by atoms with van der Waals surface area (Å²) < 4.78 is 17.3. The molecule has 0 aromatic heterocycles. The van der Waals surface area contributed by atoms with Crippen molar-refractivity contribution in [3.63, 3.8) is 0 Å². The number of ether oxygens (including phenoxy) is 3. The molecule has 0 saturated carbocycles. The van der Waals surface area contributed by atoms with Gasteiger partial charge in [0.1, 0.15) is 12.6 Å². The van der Waals surface area contributed by atoms with E-state index in [1.165, 1.54) is 14.0 Å². The number of esters is 1. The number of nitrogens with zero attached hydrogens (tertiary/aromatic N) is 1. The minimum Gasteiger partial charge on any atom is -0.493 e. The fourth-order valence-corrected chi connectivity index (χ4v) is 5.17.